The number of nitrogen functional groups attached to an aromatic ring is 1. The fourth-order valence-electron chi connectivity index (χ4n) is 8.12. The number of hydrogen-bond donors (Lipinski definition) is 1. The number of hydrogen-bond acceptors (Lipinski definition) is 11. The van der Waals surface area contributed by atoms with Crippen molar-refractivity contribution in [1.82, 2.24) is 19.8 Å². The molecule has 0 saturated carbocycles. The van der Waals surface area contributed by atoms with Crippen LogP contribution >= 0.6 is 0 Å². The molecule has 62 heavy (non-hydrogen) atoms. The van der Waals surface area contributed by atoms with Crippen LogP contribution in [0.2, 0.25) is 0 Å². The van der Waals surface area contributed by atoms with Crippen molar-refractivity contribution in [3.05, 3.63) is 190 Å². The molecule has 2 saturated heterocycles. The van der Waals surface area contributed by atoms with Crippen LogP contribution in [0.4, 0.5) is 11.4 Å². The molecule has 6 aromatic rings. The molecular formula is C48H52N6O6S2. The average molecular weight is 873 g/mol. The molecule has 8 rings (SSSR count). The molecular weight excluding hydrogens is 821 g/mol. The van der Waals surface area contributed by atoms with Crippen molar-refractivity contribution in [2.24, 2.45) is 0 Å². The molecule has 0 amide bonds. The molecule has 2 aromatic heterocycles. The first-order valence-corrected chi connectivity index (χ1v) is 24.2. The van der Waals surface area contributed by atoms with Gasteiger partial charge in [-0.25, -0.2) is 21.8 Å². The number of sulfone groups is 2. The maximum absolute atomic E-state index is 12.8. The number of anilines is 1. The van der Waals surface area contributed by atoms with E-state index < -0.39 is 30.4 Å². The topological polar surface area (TPSA) is 170 Å². The summed E-state index contributed by atoms with van der Waals surface area (Å²) in [7, 11) is -7.21. The zero-order valence-electron chi connectivity index (χ0n) is 34.6. The van der Waals surface area contributed by atoms with Gasteiger partial charge in [0, 0.05) is 42.4 Å². The van der Waals surface area contributed by atoms with Gasteiger partial charge in [-0.1, -0.05) is 97.1 Å². The number of aromatic nitrogens is 2. The van der Waals surface area contributed by atoms with E-state index in [1.807, 2.05) is 30.3 Å². The second-order valence-electron chi connectivity index (χ2n) is 15.9. The van der Waals surface area contributed by atoms with E-state index in [0.29, 0.717) is 22.2 Å². The molecule has 322 valence electrons. The third-order valence-corrected chi connectivity index (χ3v) is 14.9. The van der Waals surface area contributed by atoms with Crippen molar-refractivity contribution < 1.29 is 21.8 Å². The van der Waals surface area contributed by atoms with Crippen molar-refractivity contribution in [2.75, 3.05) is 31.9 Å². The summed E-state index contributed by atoms with van der Waals surface area (Å²) in [6, 6.07) is 44.1. The van der Waals surface area contributed by atoms with Crippen LogP contribution in [0.1, 0.15) is 71.4 Å². The van der Waals surface area contributed by atoms with E-state index in [0.717, 1.165) is 76.3 Å². The summed E-state index contributed by atoms with van der Waals surface area (Å²) >= 11 is 0. The minimum absolute atomic E-state index is 0.00284. The van der Waals surface area contributed by atoms with Gasteiger partial charge >= 0.3 is 0 Å². The quantitative estimate of drug-likeness (QED) is 0.0874. The smallest absolute Gasteiger partial charge is 0.291 e. The highest BCUT2D eigenvalue weighted by Gasteiger charge is 2.28. The Kier molecular flexibility index (Phi) is 14.5. The van der Waals surface area contributed by atoms with Crippen LogP contribution < -0.4 is 5.73 Å². The fourth-order valence-corrected chi connectivity index (χ4v) is 10.8. The number of nitrogens with two attached hydrogens (primary N) is 1. The van der Waals surface area contributed by atoms with E-state index in [1.54, 1.807) is 60.7 Å². The van der Waals surface area contributed by atoms with Gasteiger partial charge in [0.2, 0.25) is 0 Å². The second-order valence-corrected chi connectivity index (χ2v) is 19.9. The van der Waals surface area contributed by atoms with E-state index >= 15 is 0 Å². The summed E-state index contributed by atoms with van der Waals surface area (Å²) in [5.74, 6) is -0.186. The lowest BCUT2D eigenvalue weighted by molar-refractivity contribution is -0.385. The lowest BCUT2D eigenvalue weighted by atomic mass is 9.92. The van der Waals surface area contributed by atoms with Gasteiger partial charge in [0.25, 0.3) is 5.69 Å². The van der Waals surface area contributed by atoms with Crippen molar-refractivity contribution in [2.45, 2.75) is 71.9 Å². The van der Waals surface area contributed by atoms with Gasteiger partial charge < -0.3 is 5.73 Å². The predicted octanol–water partition coefficient (Wildman–Crippen LogP) is 8.36. The molecule has 0 radical (unpaired) electrons. The van der Waals surface area contributed by atoms with Crippen LogP contribution in [-0.4, -0.2) is 67.7 Å². The van der Waals surface area contributed by atoms with Crippen molar-refractivity contribution >= 4 is 31.0 Å². The minimum Gasteiger partial charge on any atom is -0.397 e. The van der Waals surface area contributed by atoms with Gasteiger partial charge in [0.15, 0.2) is 19.7 Å². The van der Waals surface area contributed by atoms with Crippen molar-refractivity contribution in [3.8, 4) is 0 Å². The molecule has 0 aliphatic carbocycles. The van der Waals surface area contributed by atoms with Crippen LogP contribution in [0, 0.1) is 10.1 Å². The van der Waals surface area contributed by atoms with Gasteiger partial charge in [-0.05, 0) is 105 Å². The number of benzene rings is 4. The summed E-state index contributed by atoms with van der Waals surface area (Å²) in [4.78, 5) is 25.4. The molecule has 0 atom stereocenters. The first-order chi connectivity index (χ1) is 29.9. The largest absolute Gasteiger partial charge is 0.397 e. The summed E-state index contributed by atoms with van der Waals surface area (Å²) in [5.41, 5.74) is 11.0. The monoisotopic (exact) mass is 872 g/mol. The summed E-state index contributed by atoms with van der Waals surface area (Å²) < 4.78 is 51.1. The zero-order valence-corrected chi connectivity index (χ0v) is 36.2. The standard InChI is InChI=1S/C24H25N3O4S.C24H27N3O2S/c28-27(29)24-12-11-22(25-23(24)18-32(30,31)21-9-5-2-6-10-21)20-13-15-26(16-14-20)17-19-7-3-1-4-8-19;25-22-11-12-23(26-24(22)18-30(28,29)21-9-5-2-6-10-21)20-13-15-27(16-14-20)17-19-7-3-1-4-8-19/h1-12,20H,13-18H2;1-12,20H,13-18,25H2. The van der Waals surface area contributed by atoms with Crippen LogP contribution in [-0.2, 0) is 44.3 Å². The number of nitrogens with zero attached hydrogens (tertiary/aromatic N) is 5. The summed E-state index contributed by atoms with van der Waals surface area (Å²) in [5, 5.41) is 11.5. The zero-order chi connectivity index (χ0) is 43.5. The SMILES string of the molecule is Nc1ccc(C2CCN(Cc3ccccc3)CC2)nc1CS(=O)(=O)c1ccccc1.O=[N+]([O-])c1ccc(C2CCN(Cc3ccccc3)CC2)nc1CS(=O)(=O)c1ccccc1. The number of likely N-dealkylation sites (tertiary alicyclic amines) is 2. The highest BCUT2D eigenvalue weighted by molar-refractivity contribution is 7.91. The lowest BCUT2D eigenvalue weighted by Gasteiger charge is -2.32. The van der Waals surface area contributed by atoms with E-state index in [1.165, 1.54) is 29.3 Å². The van der Waals surface area contributed by atoms with E-state index in [2.05, 4.69) is 51.2 Å². The fraction of sp³-hybridized carbons (Fsp3) is 0.292. The Morgan fingerprint density at radius 2 is 0.903 bits per heavy atom. The number of piperidine rings is 2. The Bertz CT molecular complexity index is 2620. The van der Waals surface area contributed by atoms with Gasteiger partial charge in [-0.3, -0.25) is 24.9 Å². The van der Waals surface area contributed by atoms with Crippen molar-refractivity contribution in [3.63, 3.8) is 0 Å². The molecule has 2 N–H and O–H groups in total. The number of pyridine rings is 2. The molecule has 0 unspecified atom stereocenters. The Morgan fingerprint density at radius 3 is 1.32 bits per heavy atom. The van der Waals surface area contributed by atoms with Gasteiger partial charge in [-0.2, -0.15) is 0 Å². The highest BCUT2D eigenvalue weighted by Crippen LogP contribution is 2.32. The summed E-state index contributed by atoms with van der Waals surface area (Å²) in [6.07, 6.45) is 3.77. The lowest BCUT2D eigenvalue weighted by Crippen LogP contribution is -2.32. The first-order valence-electron chi connectivity index (χ1n) is 20.9. The van der Waals surface area contributed by atoms with Crippen LogP contribution in [0.15, 0.2) is 155 Å². The average Bonchev–Trinajstić information content (AvgIpc) is 3.29. The van der Waals surface area contributed by atoms with Crippen LogP contribution in [0.3, 0.4) is 0 Å². The molecule has 0 bridgehead atoms. The van der Waals surface area contributed by atoms with E-state index in [9.17, 15) is 26.9 Å². The van der Waals surface area contributed by atoms with Gasteiger partial charge in [0.05, 0.1) is 31.8 Å². The molecule has 4 heterocycles. The number of nitro groups is 1. The maximum atomic E-state index is 12.8. The number of rotatable bonds is 13. The van der Waals surface area contributed by atoms with Gasteiger partial charge in [0.1, 0.15) is 11.4 Å². The predicted molar refractivity (Wildman–Crippen MR) is 242 cm³/mol. The minimum atomic E-state index is -3.74. The Balaban J connectivity index is 0.000000187. The third kappa shape index (κ3) is 11.8. The molecule has 4 aromatic carbocycles. The van der Waals surface area contributed by atoms with Crippen LogP contribution in [0.5, 0.6) is 0 Å². The maximum Gasteiger partial charge on any atom is 0.291 e. The van der Waals surface area contributed by atoms with Gasteiger partial charge in [-0.15, -0.1) is 0 Å². The van der Waals surface area contributed by atoms with E-state index in [-0.39, 0.29) is 27.9 Å². The molecule has 2 fully saturated rings. The molecule has 0 spiro atoms. The van der Waals surface area contributed by atoms with E-state index in [4.69, 9.17) is 10.7 Å². The third-order valence-electron chi connectivity index (χ3n) is 11.6. The summed E-state index contributed by atoms with van der Waals surface area (Å²) in [6.45, 7) is 5.66. The molecule has 2 aliphatic heterocycles. The molecule has 14 heteroatoms. The normalized spacial score (nSPS) is 15.7. The molecule has 2 aliphatic rings. The highest BCUT2D eigenvalue weighted by atomic mass is 32.2. The van der Waals surface area contributed by atoms with Crippen LogP contribution in [0.25, 0.3) is 0 Å². The van der Waals surface area contributed by atoms with Crippen molar-refractivity contribution in [1.29, 1.82) is 0 Å². The molecule has 12 nitrogen and oxygen atoms in total. The second kappa shape index (κ2) is 20.4. The first kappa shape index (κ1) is 44.3. The Hall–Kier alpha value is -5.80. The Labute approximate surface area is 364 Å². The Morgan fingerprint density at radius 1 is 0.532 bits per heavy atom.